The third kappa shape index (κ3) is 5.54. The van der Waals surface area contributed by atoms with E-state index in [1.807, 2.05) is 29.2 Å². The molecule has 1 amide bonds. The van der Waals surface area contributed by atoms with E-state index in [0.717, 1.165) is 37.6 Å². The fraction of sp³-hybridized carbons (Fsp3) is 0.500. The summed E-state index contributed by atoms with van der Waals surface area (Å²) in [5.74, 6) is 1.73. The maximum Gasteiger partial charge on any atom is 0.317 e. The normalized spacial score (nSPS) is 17.8. The number of benzene rings is 1. The third-order valence-corrected chi connectivity index (χ3v) is 5.05. The molecule has 148 valence electrons. The van der Waals surface area contributed by atoms with Gasteiger partial charge in [0, 0.05) is 63.2 Å². The van der Waals surface area contributed by atoms with Gasteiger partial charge in [0.05, 0.1) is 6.54 Å². The average Bonchev–Trinajstić information content (AvgIpc) is 3.46. The molecule has 3 rings (SSSR count). The highest BCUT2D eigenvalue weighted by molar-refractivity contribution is 5.90. The molecule has 1 aromatic carbocycles. The van der Waals surface area contributed by atoms with Gasteiger partial charge in [0.1, 0.15) is 0 Å². The predicted octanol–water partition coefficient (Wildman–Crippen LogP) is 2.19. The molecule has 28 heavy (non-hydrogen) atoms. The van der Waals surface area contributed by atoms with Crippen LogP contribution in [0.25, 0.3) is 0 Å². The van der Waals surface area contributed by atoms with Crippen LogP contribution in [0, 0.1) is 12.3 Å². The SMILES string of the molecule is C#CCCC1(CCC(=O)Nc2ccc(N3CCN(CC(=O)O)CC3)cc2)N=N1. The highest BCUT2D eigenvalue weighted by Gasteiger charge is 2.39. The zero-order valence-electron chi connectivity index (χ0n) is 15.8. The van der Waals surface area contributed by atoms with Gasteiger partial charge in [-0.1, -0.05) is 0 Å². The number of carboxylic acid groups (broad SMARTS) is 1. The van der Waals surface area contributed by atoms with Crippen LogP contribution in [0.2, 0.25) is 0 Å². The standard InChI is InChI=1S/C20H25N5O3/c1-2-3-9-20(22-23-20)10-8-18(26)21-16-4-6-17(7-5-16)25-13-11-24(12-14-25)15-19(27)28/h1,4-7H,3,8-15H2,(H,21,26)(H,27,28). The summed E-state index contributed by atoms with van der Waals surface area (Å²) in [5.41, 5.74) is 1.38. The minimum Gasteiger partial charge on any atom is -0.480 e. The first kappa shape index (κ1) is 19.8. The van der Waals surface area contributed by atoms with Gasteiger partial charge in [0.2, 0.25) is 5.91 Å². The van der Waals surface area contributed by atoms with Crippen molar-refractivity contribution in [3.8, 4) is 12.3 Å². The van der Waals surface area contributed by atoms with Crippen LogP contribution in [0.3, 0.4) is 0 Å². The van der Waals surface area contributed by atoms with Gasteiger partial charge >= 0.3 is 5.97 Å². The number of amides is 1. The quantitative estimate of drug-likeness (QED) is 0.637. The summed E-state index contributed by atoms with van der Waals surface area (Å²) in [7, 11) is 0. The van der Waals surface area contributed by atoms with Crippen molar-refractivity contribution in [2.24, 2.45) is 10.2 Å². The molecule has 0 aromatic heterocycles. The molecule has 8 nitrogen and oxygen atoms in total. The minimum atomic E-state index is -0.792. The van der Waals surface area contributed by atoms with Crippen molar-refractivity contribution in [1.82, 2.24) is 4.90 Å². The highest BCUT2D eigenvalue weighted by atomic mass is 16.4. The first-order valence-corrected chi connectivity index (χ1v) is 9.46. The van der Waals surface area contributed by atoms with Crippen LogP contribution in [-0.2, 0) is 9.59 Å². The fourth-order valence-electron chi connectivity index (χ4n) is 3.32. The van der Waals surface area contributed by atoms with Crippen LogP contribution in [-0.4, -0.2) is 60.3 Å². The smallest absolute Gasteiger partial charge is 0.317 e. The maximum atomic E-state index is 12.2. The Labute approximate surface area is 164 Å². The molecule has 0 unspecified atom stereocenters. The van der Waals surface area contributed by atoms with E-state index in [9.17, 15) is 9.59 Å². The highest BCUT2D eigenvalue weighted by Crippen LogP contribution is 2.37. The van der Waals surface area contributed by atoms with Gasteiger partial charge in [-0.2, -0.15) is 10.2 Å². The van der Waals surface area contributed by atoms with Crippen LogP contribution >= 0.6 is 0 Å². The van der Waals surface area contributed by atoms with Crippen molar-refractivity contribution in [2.45, 2.75) is 31.3 Å². The second kappa shape index (κ2) is 8.85. The van der Waals surface area contributed by atoms with E-state index in [1.165, 1.54) is 0 Å². The van der Waals surface area contributed by atoms with Gasteiger partial charge in [-0.05, 0) is 24.3 Å². The van der Waals surface area contributed by atoms with Crippen molar-refractivity contribution in [3.05, 3.63) is 24.3 Å². The third-order valence-electron chi connectivity index (χ3n) is 5.05. The number of piperazine rings is 1. The number of rotatable bonds is 9. The number of nitrogens with zero attached hydrogens (tertiary/aromatic N) is 4. The Balaban J connectivity index is 1.43. The van der Waals surface area contributed by atoms with E-state index in [1.54, 1.807) is 0 Å². The summed E-state index contributed by atoms with van der Waals surface area (Å²) in [6.07, 6.45) is 7.52. The minimum absolute atomic E-state index is 0.0626. The molecule has 2 heterocycles. The lowest BCUT2D eigenvalue weighted by atomic mass is 10.0. The van der Waals surface area contributed by atoms with Crippen LogP contribution < -0.4 is 10.2 Å². The van der Waals surface area contributed by atoms with E-state index in [4.69, 9.17) is 11.5 Å². The lowest BCUT2D eigenvalue weighted by Gasteiger charge is -2.35. The number of terminal acetylenes is 1. The van der Waals surface area contributed by atoms with Crippen LogP contribution in [0.15, 0.2) is 34.5 Å². The summed E-state index contributed by atoms with van der Waals surface area (Å²) in [6, 6.07) is 7.72. The number of carbonyl (C=O) groups excluding carboxylic acids is 1. The molecule has 1 aromatic rings. The van der Waals surface area contributed by atoms with Crippen LogP contribution in [0.5, 0.6) is 0 Å². The second-order valence-electron chi connectivity index (χ2n) is 7.14. The van der Waals surface area contributed by atoms with Crippen molar-refractivity contribution < 1.29 is 14.7 Å². The number of anilines is 2. The Hall–Kier alpha value is -2.92. The van der Waals surface area contributed by atoms with Gasteiger partial charge < -0.3 is 15.3 Å². The molecule has 2 aliphatic rings. The Morgan fingerprint density at radius 3 is 2.39 bits per heavy atom. The van der Waals surface area contributed by atoms with E-state index in [0.29, 0.717) is 25.7 Å². The predicted molar refractivity (Wildman–Crippen MR) is 106 cm³/mol. The molecule has 0 spiro atoms. The molecule has 1 fully saturated rings. The van der Waals surface area contributed by atoms with Gasteiger partial charge in [-0.15, -0.1) is 12.3 Å². The van der Waals surface area contributed by atoms with Gasteiger partial charge in [-0.3, -0.25) is 14.5 Å². The molecule has 0 bridgehead atoms. The lowest BCUT2D eigenvalue weighted by Crippen LogP contribution is -2.47. The number of carbonyl (C=O) groups is 2. The molecule has 1 saturated heterocycles. The zero-order chi connectivity index (χ0) is 20.0. The van der Waals surface area contributed by atoms with Gasteiger partial charge in [-0.25, -0.2) is 0 Å². The molecule has 0 radical (unpaired) electrons. The van der Waals surface area contributed by atoms with Crippen molar-refractivity contribution in [3.63, 3.8) is 0 Å². The number of aliphatic carboxylic acids is 1. The van der Waals surface area contributed by atoms with Crippen molar-refractivity contribution in [2.75, 3.05) is 42.9 Å². The summed E-state index contributed by atoms with van der Waals surface area (Å²) in [6.45, 7) is 3.10. The van der Waals surface area contributed by atoms with E-state index in [-0.39, 0.29) is 12.5 Å². The summed E-state index contributed by atoms with van der Waals surface area (Å²) >= 11 is 0. The van der Waals surface area contributed by atoms with Crippen molar-refractivity contribution >= 4 is 23.3 Å². The molecule has 2 N–H and O–H groups in total. The number of hydrogen-bond donors (Lipinski definition) is 2. The molecular formula is C20H25N5O3. The first-order valence-electron chi connectivity index (χ1n) is 9.46. The van der Waals surface area contributed by atoms with Crippen LogP contribution in [0.4, 0.5) is 11.4 Å². The van der Waals surface area contributed by atoms with E-state index < -0.39 is 11.6 Å². The largest absolute Gasteiger partial charge is 0.480 e. The number of hydrogen-bond acceptors (Lipinski definition) is 6. The number of carboxylic acids is 1. The average molecular weight is 383 g/mol. The molecule has 2 aliphatic heterocycles. The maximum absolute atomic E-state index is 12.2. The Kier molecular flexibility index (Phi) is 6.26. The van der Waals surface area contributed by atoms with E-state index >= 15 is 0 Å². The Morgan fingerprint density at radius 2 is 1.82 bits per heavy atom. The number of nitrogens with one attached hydrogen (secondary N) is 1. The second-order valence-corrected chi connectivity index (χ2v) is 7.14. The fourth-order valence-corrected chi connectivity index (χ4v) is 3.32. The molecular weight excluding hydrogens is 358 g/mol. The van der Waals surface area contributed by atoms with Gasteiger partial charge in [0.25, 0.3) is 0 Å². The topological polar surface area (TPSA) is 97.6 Å². The molecule has 8 heteroatoms. The first-order chi connectivity index (χ1) is 13.5. The van der Waals surface area contributed by atoms with Gasteiger partial charge in [0.15, 0.2) is 5.66 Å². The Bertz CT molecular complexity index is 770. The lowest BCUT2D eigenvalue weighted by molar-refractivity contribution is -0.138. The zero-order valence-corrected chi connectivity index (χ0v) is 15.8. The monoisotopic (exact) mass is 383 g/mol. The summed E-state index contributed by atoms with van der Waals surface area (Å²) < 4.78 is 0. The summed E-state index contributed by atoms with van der Waals surface area (Å²) in [5, 5.41) is 19.9. The molecule has 0 atom stereocenters. The summed E-state index contributed by atoms with van der Waals surface area (Å²) in [4.78, 5) is 27.1. The van der Waals surface area contributed by atoms with Crippen LogP contribution in [0.1, 0.15) is 25.7 Å². The Morgan fingerprint density at radius 1 is 1.14 bits per heavy atom. The molecule has 0 saturated carbocycles. The molecule has 0 aliphatic carbocycles. The van der Waals surface area contributed by atoms with E-state index in [2.05, 4.69) is 26.4 Å². The van der Waals surface area contributed by atoms with Crippen molar-refractivity contribution in [1.29, 1.82) is 0 Å².